The molecular weight excluding hydrogens is 334 g/mol. The number of phenolic OH excluding ortho intramolecular Hbond substituents is 1. The van der Waals surface area contributed by atoms with Crippen LogP contribution in [0.5, 0.6) is 11.5 Å². The number of nitrogens with zero attached hydrogens (tertiary/aromatic N) is 1. The minimum atomic E-state index is 0.00627. The molecule has 0 saturated carbocycles. The van der Waals surface area contributed by atoms with Crippen LogP contribution in [0, 0.1) is 0 Å². The minimum Gasteiger partial charge on any atom is -0.504 e. The lowest BCUT2D eigenvalue weighted by Gasteiger charge is -2.08. The number of hydrogen-bond acceptors (Lipinski definition) is 4. The van der Waals surface area contributed by atoms with Gasteiger partial charge in [0, 0.05) is 28.6 Å². The zero-order valence-corrected chi connectivity index (χ0v) is 14.0. The summed E-state index contributed by atoms with van der Waals surface area (Å²) in [5, 5.41) is 13.6. The SMILES string of the molecule is CCOc1cc(Cl)cc(C=Nc2ccc(NC(N)=S)cc2)c1O. The Balaban J connectivity index is 2.21. The van der Waals surface area contributed by atoms with E-state index >= 15 is 0 Å². The highest BCUT2D eigenvalue weighted by Gasteiger charge is 2.09. The Kier molecular flexibility index (Phi) is 5.78. The summed E-state index contributed by atoms with van der Waals surface area (Å²) in [7, 11) is 0. The summed E-state index contributed by atoms with van der Waals surface area (Å²) in [6, 6.07) is 10.4. The minimum absolute atomic E-state index is 0.00627. The number of aromatic hydroxyl groups is 1. The van der Waals surface area contributed by atoms with Crippen LogP contribution < -0.4 is 15.8 Å². The van der Waals surface area contributed by atoms with Crippen molar-refractivity contribution in [2.45, 2.75) is 6.92 Å². The highest BCUT2D eigenvalue weighted by Crippen LogP contribution is 2.33. The van der Waals surface area contributed by atoms with Gasteiger partial charge < -0.3 is 20.9 Å². The second-order valence-electron chi connectivity index (χ2n) is 4.57. The van der Waals surface area contributed by atoms with Crippen LogP contribution in [0.4, 0.5) is 11.4 Å². The first kappa shape index (κ1) is 17.1. The Morgan fingerprint density at radius 3 is 2.70 bits per heavy atom. The number of hydrogen-bond donors (Lipinski definition) is 3. The molecular formula is C16H16ClN3O2S. The summed E-state index contributed by atoms with van der Waals surface area (Å²) in [6.07, 6.45) is 1.53. The average Bonchev–Trinajstić information content (AvgIpc) is 2.50. The lowest BCUT2D eigenvalue weighted by atomic mass is 10.2. The van der Waals surface area contributed by atoms with Gasteiger partial charge in [0.2, 0.25) is 0 Å². The van der Waals surface area contributed by atoms with Gasteiger partial charge in [0.25, 0.3) is 0 Å². The number of nitrogens with one attached hydrogen (secondary N) is 1. The molecule has 23 heavy (non-hydrogen) atoms. The summed E-state index contributed by atoms with van der Waals surface area (Å²) in [5.41, 5.74) is 7.37. The van der Waals surface area contributed by atoms with Crippen LogP contribution in [0.1, 0.15) is 12.5 Å². The van der Waals surface area contributed by atoms with Crippen LogP contribution in [0.25, 0.3) is 0 Å². The topological polar surface area (TPSA) is 79.9 Å². The second-order valence-corrected chi connectivity index (χ2v) is 5.45. The monoisotopic (exact) mass is 349 g/mol. The van der Waals surface area contributed by atoms with Gasteiger partial charge >= 0.3 is 0 Å². The zero-order chi connectivity index (χ0) is 16.8. The summed E-state index contributed by atoms with van der Waals surface area (Å²) < 4.78 is 5.33. The van der Waals surface area contributed by atoms with E-state index in [4.69, 9.17) is 34.3 Å². The fraction of sp³-hybridized carbons (Fsp3) is 0.125. The molecule has 0 amide bonds. The average molecular weight is 350 g/mol. The first-order valence-corrected chi connectivity index (χ1v) is 7.64. The number of ether oxygens (including phenoxy) is 1. The van der Waals surface area contributed by atoms with E-state index in [0.717, 1.165) is 5.69 Å². The third-order valence-electron chi connectivity index (χ3n) is 2.86. The Morgan fingerprint density at radius 1 is 1.39 bits per heavy atom. The summed E-state index contributed by atoms with van der Waals surface area (Å²) in [4.78, 5) is 4.31. The van der Waals surface area contributed by atoms with Crippen molar-refractivity contribution in [1.29, 1.82) is 0 Å². The smallest absolute Gasteiger partial charge is 0.168 e. The predicted octanol–water partition coefficient (Wildman–Crippen LogP) is 3.85. The van der Waals surface area contributed by atoms with E-state index in [1.54, 1.807) is 36.4 Å². The highest BCUT2D eigenvalue weighted by molar-refractivity contribution is 7.80. The van der Waals surface area contributed by atoms with Gasteiger partial charge in [0.1, 0.15) is 0 Å². The number of benzene rings is 2. The van der Waals surface area contributed by atoms with Crippen LogP contribution >= 0.6 is 23.8 Å². The Labute approximate surface area is 144 Å². The van der Waals surface area contributed by atoms with Crippen molar-refractivity contribution < 1.29 is 9.84 Å². The first-order valence-electron chi connectivity index (χ1n) is 6.85. The molecule has 2 aromatic carbocycles. The summed E-state index contributed by atoms with van der Waals surface area (Å²) in [5.74, 6) is 0.337. The van der Waals surface area contributed by atoms with E-state index < -0.39 is 0 Å². The largest absolute Gasteiger partial charge is 0.504 e. The predicted molar refractivity (Wildman–Crippen MR) is 98.4 cm³/mol. The molecule has 0 radical (unpaired) electrons. The molecule has 2 aromatic rings. The third kappa shape index (κ3) is 4.84. The molecule has 0 atom stereocenters. The van der Waals surface area contributed by atoms with Crippen molar-refractivity contribution in [3.8, 4) is 11.5 Å². The van der Waals surface area contributed by atoms with Gasteiger partial charge in [-0.1, -0.05) is 11.6 Å². The van der Waals surface area contributed by atoms with Gasteiger partial charge in [-0.15, -0.1) is 0 Å². The molecule has 2 rings (SSSR count). The number of rotatable bonds is 5. The normalized spacial score (nSPS) is 10.7. The van der Waals surface area contributed by atoms with Crippen LogP contribution in [0.2, 0.25) is 5.02 Å². The van der Waals surface area contributed by atoms with Gasteiger partial charge in [-0.3, -0.25) is 4.99 Å². The Morgan fingerprint density at radius 2 is 2.09 bits per heavy atom. The first-order chi connectivity index (χ1) is 11.0. The van der Waals surface area contributed by atoms with E-state index in [9.17, 15) is 5.11 Å². The maximum Gasteiger partial charge on any atom is 0.168 e. The van der Waals surface area contributed by atoms with E-state index in [1.807, 2.05) is 6.92 Å². The number of anilines is 1. The van der Waals surface area contributed by atoms with Gasteiger partial charge in [0.05, 0.1) is 12.3 Å². The fourth-order valence-corrected chi connectivity index (χ4v) is 2.21. The molecule has 0 unspecified atom stereocenters. The van der Waals surface area contributed by atoms with Crippen molar-refractivity contribution in [3.05, 3.63) is 47.0 Å². The van der Waals surface area contributed by atoms with Crippen LogP contribution in [0.3, 0.4) is 0 Å². The molecule has 0 heterocycles. The number of halogens is 1. The Hall–Kier alpha value is -2.31. The van der Waals surface area contributed by atoms with Crippen LogP contribution in [-0.4, -0.2) is 23.0 Å². The van der Waals surface area contributed by atoms with Crippen molar-refractivity contribution in [2.24, 2.45) is 10.7 Å². The molecule has 4 N–H and O–H groups in total. The van der Waals surface area contributed by atoms with Crippen molar-refractivity contribution in [2.75, 3.05) is 11.9 Å². The molecule has 0 aromatic heterocycles. The standard InChI is InChI=1S/C16H16ClN3O2S/c1-2-22-14-8-11(17)7-10(15(14)21)9-19-12-3-5-13(6-4-12)20-16(18)23/h3-9,21H,2H2,1H3,(H3,18,20,23). The molecule has 0 aliphatic rings. The quantitative estimate of drug-likeness (QED) is 0.564. The third-order valence-corrected chi connectivity index (χ3v) is 3.18. The number of nitrogens with two attached hydrogens (primary N) is 1. The Bertz CT molecular complexity index is 733. The molecule has 0 aliphatic carbocycles. The van der Waals surface area contributed by atoms with E-state index in [0.29, 0.717) is 28.6 Å². The lowest BCUT2D eigenvalue weighted by molar-refractivity contribution is 0.318. The van der Waals surface area contributed by atoms with Crippen molar-refractivity contribution >= 4 is 46.5 Å². The number of aliphatic imine (C=N–C) groups is 1. The molecule has 0 aliphatic heterocycles. The van der Waals surface area contributed by atoms with Crippen molar-refractivity contribution in [1.82, 2.24) is 0 Å². The fourth-order valence-electron chi connectivity index (χ4n) is 1.88. The number of phenols is 1. The van der Waals surface area contributed by atoms with Crippen LogP contribution in [-0.2, 0) is 0 Å². The van der Waals surface area contributed by atoms with Gasteiger partial charge in [-0.05, 0) is 49.5 Å². The lowest BCUT2D eigenvalue weighted by Crippen LogP contribution is -2.18. The molecule has 0 bridgehead atoms. The molecule has 7 heteroatoms. The van der Waals surface area contributed by atoms with Gasteiger partial charge in [-0.25, -0.2) is 0 Å². The van der Waals surface area contributed by atoms with Gasteiger partial charge in [0.15, 0.2) is 16.6 Å². The van der Waals surface area contributed by atoms with Crippen molar-refractivity contribution in [3.63, 3.8) is 0 Å². The van der Waals surface area contributed by atoms with Gasteiger partial charge in [-0.2, -0.15) is 0 Å². The molecule has 0 fully saturated rings. The molecule has 0 spiro atoms. The summed E-state index contributed by atoms with van der Waals surface area (Å²) in [6.45, 7) is 2.26. The zero-order valence-electron chi connectivity index (χ0n) is 12.4. The maximum absolute atomic E-state index is 10.2. The molecule has 0 saturated heterocycles. The molecule has 5 nitrogen and oxygen atoms in total. The second kappa shape index (κ2) is 7.80. The maximum atomic E-state index is 10.2. The van der Waals surface area contributed by atoms with E-state index in [2.05, 4.69) is 10.3 Å². The van der Waals surface area contributed by atoms with E-state index in [1.165, 1.54) is 6.21 Å². The highest BCUT2D eigenvalue weighted by atomic mass is 35.5. The number of thiocarbonyl (C=S) groups is 1. The summed E-state index contributed by atoms with van der Waals surface area (Å²) >= 11 is 10.8. The van der Waals surface area contributed by atoms with Crippen LogP contribution in [0.15, 0.2) is 41.4 Å². The molecule has 120 valence electrons. The van der Waals surface area contributed by atoms with E-state index in [-0.39, 0.29) is 10.9 Å².